The third-order valence-electron chi connectivity index (χ3n) is 3.50. The molecular weight excluding hydrogens is 386 g/mol. The molecule has 0 spiro atoms. The average Bonchev–Trinajstić information content (AvgIpc) is 3.15. The molecule has 0 fully saturated rings. The van der Waals surface area contributed by atoms with E-state index in [1.165, 1.54) is 41.8 Å². The third-order valence-corrected chi connectivity index (χ3v) is 5.68. The summed E-state index contributed by atoms with van der Waals surface area (Å²) < 4.78 is 32.3. The highest BCUT2D eigenvalue weighted by Gasteiger charge is 2.15. The summed E-state index contributed by atoms with van der Waals surface area (Å²) in [7, 11) is -3.72. The molecule has 0 aliphatic rings. The fourth-order valence-electron chi connectivity index (χ4n) is 2.24. The van der Waals surface area contributed by atoms with Crippen molar-refractivity contribution in [2.24, 2.45) is 0 Å². The number of sulfonamides is 1. The lowest BCUT2D eigenvalue weighted by Gasteiger charge is -2.08. The summed E-state index contributed by atoms with van der Waals surface area (Å²) in [6.45, 7) is 2.44. The highest BCUT2D eigenvalue weighted by Crippen LogP contribution is 2.20. The Hall–Kier alpha value is -2.91. The van der Waals surface area contributed by atoms with Crippen LogP contribution in [0.3, 0.4) is 0 Å². The molecule has 0 atom stereocenters. The summed E-state index contributed by atoms with van der Waals surface area (Å²) in [6, 6.07) is 12.7. The number of rotatable bonds is 7. The first-order chi connectivity index (χ1) is 13.0. The Bertz CT molecular complexity index is 1000. The molecular formula is C18H17N3O4S2. The molecule has 0 saturated heterocycles. The normalized spacial score (nSPS) is 11.0. The summed E-state index contributed by atoms with van der Waals surface area (Å²) in [5.41, 5.74) is 0.961. The summed E-state index contributed by atoms with van der Waals surface area (Å²) in [5, 5.41) is 4.70. The predicted octanol–water partition coefficient (Wildman–Crippen LogP) is 3.59. The van der Waals surface area contributed by atoms with Gasteiger partial charge in [0.15, 0.2) is 5.13 Å². The van der Waals surface area contributed by atoms with E-state index in [1.54, 1.807) is 29.6 Å². The van der Waals surface area contributed by atoms with Crippen LogP contribution in [0, 0.1) is 0 Å². The lowest BCUT2D eigenvalue weighted by molar-refractivity contribution is 0.102. The minimum absolute atomic E-state index is 0.0803. The van der Waals surface area contributed by atoms with Gasteiger partial charge in [0, 0.05) is 22.8 Å². The molecule has 0 saturated carbocycles. The number of hydrogen-bond donors (Lipinski definition) is 2. The third kappa shape index (κ3) is 4.83. The smallest absolute Gasteiger partial charge is 0.263 e. The number of anilines is 2. The van der Waals surface area contributed by atoms with Gasteiger partial charge >= 0.3 is 0 Å². The number of thiazole rings is 1. The minimum atomic E-state index is -3.72. The molecule has 1 heterocycles. The fourth-order valence-corrected chi connectivity index (χ4v) is 4.03. The Morgan fingerprint density at radius 1 is 1.11 bits per heavy atom. The number of aromatic nitrogens is 1. The average molecular weight is 403 g/mol. The van der Waals surface area contributed by atoms with E-state index in [-0.39, 0.29) is 10.8 Å². The molecule has 27 heavy (non-hydrogen) atoms. The van der Waals surface area contributed by atoms with E-state index < -0.39 is 10.0 Å². The lowest BCUT2D eigenvalue weighted by atomic mass is 10.2. The molecule has 0 radical (unpaired) electrons. The number of carbonyl (C=O) groups is 1. The topological polar surface area (TPSA) is 97.4 Å². The Labute approximate surface area is 161 Å². The van der Waals surface area contributed by atoms with Crippen LogP contribution < -0.4 is 14.8 Å². The van der Waals surface area contributed by atoms with Crippen molar-refractivity contribution >= 4 is 38.1 Å². The second kappa shape index (κ2) is 8.19. The molecule has 0 aliphatic heterocycles. The van der Waals surface area contributed by atoms with E-state index in [4.69, 9.17) is 4.74 Å². The van der Waals surface area contributed by atoms with Crippen molar-refractivity contribution in [3.05, 3.63) is 65.7 Å². The number of nitrogens with zero attached hydrogens (tertiary/aromatic N) is 1. The van der Waals surface area contributed by atoms with E-state index in [9.17, 15) is 13.2 Å². The van der Waals surface area contributed by atoms with E-state index >= 15 is 0 Å². The number of carbonyl (C=O) groups excluding carboxylic acids is 1. The number of nitrogens with one attached hydrogen (secondary N) is 2. The summed E-state index contributed by atoms with van der Waals surface area (Å²) in [4.78, 5) is 16.3. The molecule has 9 heteroatoms. The van der Waals surface area contributed by atoms with Crippen molar-refractivity contribution in [2.45, 2.75) is 11.8 Å². The molecule has 3 aromatic rings. The van der Waals surface area contributed by atoms with Gasteiger partial charge in [0.25, 0.3) is 15.9 Å². The highest BCUT2D eigenvalue weighted by molar-refractivity contribution is 7.93. The Kier molecular flexibility index (Phi) is 5.72. The maximum atomic E-state index is 12.3. The molecule has 0 unspecified atom stereocenters. The Balaban J connectivity index is 1.67. The first-order valence-electron chi connectivity index (χ1n) is 8.04. The van der Waals surface area contributed by atoms with E-state index in [2.05, 4.69) is 15.0 Å². The van der Waals surface area contributed by atoms with Gasteiger partial charge in [-0.3, -0.25) is 9.52 Å². The lowest BCUT2D eigenvalue weighted by Crippen LogP contribution is -2.14. The van der Waals surface area contributed by atoms with Crippen LogP contribution in [0.5, 0.6) is 5.75 Å². The van der Waals surface area contributed by atoms with Crippen LogP contribution in [-0.2, 0) is 10.0 Å². The molecule has 1 amide bonds. The zero-order valence-electron chi connectivity index (χ0n) is 14.4. The van der Waals surface area contributed by atoms with Gasteiger partial charge in [0.1, 0.15) is 5.75 Å². The van der Waals surface area contributed by atoms with Crippen molar-refractivity contribution in [3.63, 3.8) is 0 Å². The van der Waals surface area contributed by atoms with E-state index in [1.807, 2.05) is 6.92 Å². The molecule has 140 valence electrons. The standard InChI is InChI=1S/C18H17N3O4S2/c1-2-25-15-7-3-13(4-8-15)17(22)20-14-5-9-16(10-6-14)27(23,24)21-18-19-11-12-26-18/h3-12H,2H2,1H3,(H,19,21)(H,20,22). The van der Waals surface area contributed by atoms with Crippen molar-refractivity contribution in [1.82, 2.24) is 4.98 Å². The number of hydrogen-bond acceptors (Lipinski definition) is 6. The van der Waals surface area contributed by atoms with Gasteiger partial charge in [0.2, 0.25) is 0 Å². The zero-order valence-corrected chi connectivity index (χ0v) is 16.0. The van der Waals surface area contributed by atoms with Crippen molar-refractivity contribution in [2.75, 3.05) is 16.6 Å². The monoisotopic (exact) mass is 403 g/mol. The van der Waals surface area contributed by atoms with Gasteiger partial charge in [-0.15, -0.1) is 11.3 Å². The molecule has 1 aromatic heterocycles. The number of amides is 1. The highest BCUT2D eigenvalue weighted by atomic mass is 32.2. The van der Waals surface area contributed by atoms with Crippen LogP contribution >= 0.6 is 11.3 Å². The van der Waals surface area contributed by atoms with Gasteiger partial charge in [-0.05, 0) is 55.5 Å². The van der Waals surface area contributed by atoms with Crippen LogP contribution in [0.4, 0.5) is 10.8 Å². The van der Waals surface area contributed by atoms with Crippen LogP contribution in [0.15, 0.2) is 65.0 Å². The summed E-state index contributed by atoms with van der Waals surface area (Å²) >= 11 is 1.19. The van der Waals surface area contributed by atoms with E-state index in [0.29, 0.717) is 28.7 Å². The fraction of sp³-hybridized carbons (Fsp3) is 0.111. The maximum absolute atomic E-state index is 12.3. The minimum Gasteiger partial charge on any atom is -0.494 e. The Morgan fingerprint density at radius 3 is 2.41 bits per heavy atom. The zero-order chi connectivity index (χ0) is 19.3. The van der Waals surface area contributed by atoms with Gasteiger partial charge in [0.05, 0.1) is 11.5 Å². The van der Waals surface area contributed by atoms with Crippen molar-refractivity contribution < 1.29 is 17.9 Å². The van der Waals surface area contributed by atoms with Crippen LogP contribution in [0.25, 0.3) is 0 Å². The van der Waals surface area contributed by atoms with Crippen LogP contribution in [0.2, 0.25) is 0 Å². The van der Waals surface area contributed by atoms with Crippen molar-refractivity contribution in [1.29, 1.82) is 0 Å². The number of benzene rings is 2. The SMILES string of the molecule is CCOc1ccc(C(=O)Nc2ccc(S(=O)(=O)Nc3nccs3)cc2)cc1. The predicted molar refractivity (Wildman–Crippen MR) is 105 cm³/mol. The van der Waals surface area contributed by atoms with Gasteiger partial charge in [-0.25, -0.2) is 13.4 Å². The Morgan fingerprint density at radius 2 is 1.81 bits per heavy atom. The quantitative estimate of drug-likeness (QED) is 0.628. The first kappa shape index (κ1) is 18.9. The molecule has 3 rings (SSSR count). The summed E-state index contributed by atoms with van der Waals surface area (Å²) in [6.07, 6.45) is 1.52. The second-order valence-electron chi connectivity index (χ2n) is 5.38. The number of ether oxygens (including phenoxy) is 1. The second-order valence-corrected chi connectivity index (χ2v) is 7.96. The summed E-state index contributed by atoms with van der Waals surface area (Å²) in [5.74, 6) is 0.394. The molecule has 2 N–H and O–H groups in total. The van der Waals surface area contributed by atoms with Gasteiger partial charge in [-0.1, -0.05) is 0 Å². The van der Waals surface area contributed by atoms with Crippen LogP contribution in [-0.4, -0.2) is 25.9 Å². The first-order valence-corrected chi connectivity index (χ1v) is 10.4. The van der Waals surface area contributed by atoms with Crippen LogP contribution in [0.1, 0.15) is 17.3 Å². The molecule has 0 bridgehead atoms. The van der Waals surface area contributed by atoms with E-state index in [0.717, 1.165) is 0 Å². The molecule has 7 nitrogen and oxygen atoms in total. The van der Waals surface area contributed by atoms with Gasteiger partial charge in [-0.2, -0.15) is 0 Å². The van der Waals surface area contributed by atoms with Gasteiger partial charge < -0.3 is 10.1 Å². The van der Waals surface area contributed by atoms with Crippen molar-refractivity contribution in [3.8, 4) is 5.75 Å². The maximum Gasteiger partial charge on any atom is 0.263 e. The molecule has 2 aromatic carbocycles. The largest absolute Gasteiger partial charge is 0.494 e. The molecule has 0 aliphatic carbocycles.